The number of anilines is 2. The van der Waals surface area contributed by atoms with E-state index in [9.17, 15) is 9.59 Å². The highest BCUT2D eigenvalue weighted by atomic mass is 35.5. The summed E-state index contributed by atoms with van der Waals surface area (Å²) in [5.74, 6) is -0.541. The lowest BCUT2D eigenvalue weighted by Gasteiger charge is -2.36. The van der Waals surface area contributed by atoms with Crippen LogP contribution in [-0.2, 0) is 9.59 Å². The van der Waals surface area contributed by atoms with Gasteiger partial charge in [-0.2, -0.15) is 0 Å². The molecule has 1 saturated heterocycles. The first-order valence-corrected chi connectivity index (χ1v) is 9.18. The number of benzene rings is 2. The molecule has 3 rings (SSSR count). The first-order chi connectivity index (χ1) is 13.0. The Bertz CT molecular complexity index is 852. The fraction of sp³-hybridized carbons (Fsp3) is 0.263. The minimum Gasteiger partial charge on any atom is -0.495 e. The molecule has 0 spiro atoms. The average molecular weight is 408 g/mol. The zero-order valence-corrected chi connectivity index (χ0v) is 16.3. The van der Waals surface area contributed by atoms with E-state index < -0.39 is 11.8 Å². The number of halogens is 2. The summed E-state index contributed by atoms with van der Waals surface area (Å²) in [7, 11) is 1.63. The molecule has 6 nitrogen and oxygen atoms in total. The number of piperazine rings is 1. The Labute approximate surface area is 167 Å². The molecule has 0 aromatic heterocycles. The number of nitrogens with one attached hydrogen (secondary N) is 1. The Morgan fingerprint density at radius 2 is 1.74 bits per heavy atom. The van der Waals surface area contributed by atoms with Crippen molar-refractivity contribution in [3.63, 3.8) is 0 Å². The van der Waals surface area contributed by atoms with Gasteiger partial charge in [0, 0.05) is 31.2 Å². The number of hydrogen-bond donors (Lipinski definition) is 1. The Balaban J connectivity index is 1.61. The first kappa shape index (κ1) is 19.3. The Morgan fingerprint density at radius 1 is 1.04 bits per heavy atom. The summed E-state index contributed by atoms with van der Waals surface area (Å²) in [5, 5.41) is 3.27. The monoisotopic (exact) mass is 407 g/mol. The van der Waals surface area contributed by atoms with Crippen LogP contribution in [0.1, 0.15) is 0 Å². The SMILES string of the molecule is COc1ccccc1N1CCN(C(=O)C(=O)Nc2cc(Cl)ccc2Cl)CC1. The highest BCUT2D eigenvalue weighted by Crippen LogP contribution is 2.28. The highest BCUT2D eigenvalue weighted by molar-refractivity contribution is 6.42. The molecule has 8 heteroatoms. The molecule has 0 bridgehead atoms. The van der Waals surface area contributed by atoms with Crippen molar-refractivity contribution < 1.29 is 14.3 Å². The number of ether oxygens (including phenoxy) is 1. The van der Waals surface area contributed by atoms with Gasteiger partial charge < -0.3 is 19.9 Å². The third-order valence-electron chi connectivity index (χ3n) is 4.36. The van der Waals surface area contributed by atoms with Crippen LogP contribution in [0, 0.1) is 0 Å². The molecule has 27 heavy (non-hydrogen) atoms. The molecule has 1 N–H and O–H groups in total. The minimum absolute atomic E-state index is 0.315. The van der Waals surface area contributed by atoms with Crippen molar-refractivity contribution in [2.45, 2.75) is 0 Å². The van der Waals surface area contributed by atoms with E-state index in [1.165, 1.54) is 11.0 Å². The van der Waals surface area contributed by atoms with E-state index >= 15 is 0 Å². The summed E-state index contributed by atoms with van der Waals surface area (Å²) in [5.41, 5.74) is 1.29. The second kappa shape index (κ2) is 8.50. The minimum atomic E-state index is -0.732. The van der Waals surface area contributed by atoms with Gasteiger partial charge in [-0.1, -0.05) is 35.3 Å². The number of nitrogens with zero attached hydrogens (tertiary/aromatic N) is 2. The molecule has 1 fully saturated rings. The predicted molar refractivity (Wildman–Crippen MR) is 107 cm³/mol. The molecule has 2 aromatic carbocycles. The maximum atomic E-state index is 12.5. The van der Waals surface area contributed by atoms with Crippen LogP contribution < -0.4 is 15.0 Å². The van der Waals surface area contributed by atoms with Crippen molar-refractivity contribution in [2.75, 3.05) is 43.5 Å². The molecule has 1 heterocycles. The molecule has 0 unspecified atom stereocenters. The largest absolute Gasteiger partial charge is 0.495 e. The van der Waals surface area contributed by atoms with Crippen molar-refractivity contribution in [2.24, 2.45) is 0 Å². The number of carbonyl (C=O) groups is 2. The average Bonchev–Trinajstić information content (AvgIpc) is 2.70. The maximum Gasteiger partial charge on any atom is 0.313 e. The van der Waals surface area contributed by atoms with Crippen molar-refractivity contribution in [1.29, 1.82) is 0 Å². The second-order valence-electron chi connectivity index (χ2n) is 6.03. The summed E-state index contributed by atoms with van der Waals surface area (Å²) in [6.45, 7) is 2.09. The van der Waals surface area contributed by atoms with Crippen LogP contribution in [0.25, 0.3) is 0 Å². The van der Waals surface area contributed by atoms with Gasteiger partial charge in [0.2, 0.25) is 0 Å². The lowest BCUT2D eigenvalue weighted by molar-refractivity contribution is -0.143. The van der Waals surface area contributed by atoms with Gasteiger partial charge in [0.1, 0.15) is 5.75 Å². The van der Waals surface area contributed by atoms with Gasteiger partial charge in [-0.05, 0) is 30.3 Å². The molecule has 0 radical (unpaired) electrons. The molecule has 0 saturated carbocycles. The molecule has 0 atom stereocenters. The lowest BCUT2D eigenvalue weighted by Crippen LogP contribution is -2.51. The van der Waals surface area contributed by atoms with Gasteiger partial charge in [-0.25, -0.2) is 0 Å². The van der Waals surface area contributed by atoms with Gasteiger partial charge in [0.05, 0.1) is 23.5 Å². The first-order valence-electron chi connectivity index (χ1n) is 8.43. The number of para-hydroxylation sites is 2. The third kappa shape index (κ3) is 4.46. The number of hydrogen-bond acceptors (Lipinski definition) is 4. The van der Waals surface area contributed by atoms with E-state index in [0.29, 0.717) is 41.9 Å². The second-order valence-corrected chi connectivity index (χ2v) is 6.87. The quantitative estimate of drug-likeness (QED) is 0.792. The van der Waals surface area contributed by atoms with Crippen LogP contribution in [-0.4, -0.2) is 50.0 Å². The normalized spacial score (nSPS) is 14.0. The van der Waals surface area contributed by atoms with Crippen LogP contribution >= 0.6 is 23.2 Å². The highest BCUT2D eigenvalue weighted by Gasteiger charge is 2.27. The Hall–Kier alpha value is -2.44. The van der Waals surface area contributed by atoms with Crippen molar-refractivity contribution in [1.82, 2.24) is 4.90 Å². The molecular formula is C19H19Cl2N3O3. The number of rotatable bonds is 3. The van der Waals surface area contributed by atoms with Crippen LogP contribution in [0.2, 0.25) is 10.0 Å². The smallest absolute Gasteiger partial charge is 0.313 e. The van der Waals surface area contributed by atoms with Gasteiger partial charge in [0.15, 0.2) is 0 Å². The molecule has 142 valence electrons. The van der Waals surface area contributed by atoms with Gasteiger partial charge in [-0.15, -0.1) is 0 Å². The summed E-state index contributed by atoms with van der Waals surface area (Å²) in [6.07, 6.45) is 0. The Kier molecular flexibility index (Phi) is 6.08. The van der Waals surface area contributed by atoms with E-state index in [1.54, 1.807) is 19.2 Å². The van der Waals surface area contributed by atoms with E-state index in [1.807, 2.05) is 24.3 Å². The molecular weight excluding hydrogens is 389 g/mol. The fourth-order valence-electron chi connectivity index (χ4n) is 2.95. The van der Waals surface area contributed by atoms with Crippen molar-refractivity contribution >= 4 is 46.4 Å². The fourth-order valence-corrected chi connectivity index (χ4v) is 3.29. The molecule has 2 aromatic rings. The van der Waals surface area contributed by atoms with Gasteiger partial charge >= 0.3 is 11.8 Å². The third-order valence-corrected chi connectivity index (χ3v) is 4.93. The molecule has 2 amide bonds. The van der Waals surface area contributed by atoms with Crippen molar-refractivity contribution in [3.8, 4) is 5.75 Å². The topological polar surface area (TPSA) is 61.9 Å². The van der Waals surface area contributed by atoms with E-state index in [0.717, 1.165) is 11.4 Å². The van der Waals surface area contributed by atoms with Crippen molar-refractivity contribution in [3.05, 3.63) is 52.5 Å². The molecule has 1 aliphatic heterocycles. The standard InChI is InChI=1S/C19H19Cl2N3O3/c1-27-17-5-3-2-4-16(17)23-8-10-24(11-9-23)19(26)18(25)22-15-12-13(20)6-7-14(15)21/h2-7,12H,8-11H2,1H3,(H,22,25). The van der Waals surface area contributed by atoms with Gasteiger partial charge in [0.25, 0.3) is 0 Å². The van der Waals surface area contributed by atoms with Crippen LogP contribution in [0.15, 0.2) is 42.5 Å². The van der Waals surface area contributed by atoms with Gasteiger partial charge in [-0.3, -0.25) is 9.59 Å². The lowest BCUT2D eigenvalue weighted by atomic mass is 10.2. The number of carbonyl (C=O) groups excluding carboxylic acids is 2. The van der Waals surface area contributed by atoms with E-state index in [4.69, 9.17) is 27.9 Å². The van der Waals surface area contributed by atoms with Crippen LogP contribution in [0.5, 0.6) is 5.75 Å². The number of amides is 2. The van der Waals surface area contributed by atoms with Crippen LogP contribution in [0.4, 0.5) is 11.4 Å². The van der Waals surface area contributed by atoms with E-state index in [2.05, 4.69) is 10.2 Å². The number of methoxy groups -OCH3 is 1. The predicted octanol–water partition coefficient (Wildman–Crippen LogP) is 3.29. The summed E-state index contributed by atoms with van der Waals surface area (Å²) >= 11 is 11.9. The molecule has 0 aliphatic carbocycles. The Morgan fingerprint density at radius 3 is 2.44 bits per heavy atom. The summed E-state index contributed by atoms with van der Waals surface area (Å²) in [4.78, 5) is 28.4. The summed E-state index contributed by atoms with van der Waals surface area (Å²) in [6, 6.07) is 12.4. The zero-order valence-electron chi connectivity index (χ0n) is 14.7. The van der Waals surface area contributed by atoms with Crippen LogP contribution in [0.3, 0.4) is 0 Å². The molecule has 1 aliphatic rings. The maximum absolute atomic E-state index is 12.5. The summed E-state index contributed by atoms with van der Waals surface area (Å²) < 4.78 is 5.39. The zero-order chi connectivity index (χ0) is 19.4. The van der Waals surface area contributed by atoms with E-state index in [-0.39, 0.29) is 0 Å².